The lowest BCUT2D eigenvalue weighted by Gasteiger charge is -2.33. The summed E-state index contributed by atoms with van der Waals surface area (Å²) in [5.41, 5.74) is 0.563. The summed E-state index contributed by atoms with van der Waals surface area (Å²) in [6.45, 7) is 4.54. The molecule has 1 N–H and O–H groups in total. The second-order valence-corrected chi connectivity index (χ2v) is 6.86. The monoisotopic (exact) mass is 298 g/mol. The van der Waals surface area contributed by atoms with Crippen LogP contribution in [-0.2, 0) is 6.42 Å². The van der Waals surface area contributed by atoms with E-state index in [1.165, 1.54) is 18.9 Å². The van der Waals surface area contributed by atoms with Gasteiger partial charge in [-0.1, -0.05) is 31.5 Å². The normalized spacial score (nSPS) is 24.9. The highest BCUT2D eigenvalue weighted by Crippen LogP contribution is 2.35. The molecule has 1 fully saturated rings. The molecule has 0 spiro atoms. The minimum atomic E-state index is -0.446. The lowest BCUT2D eigenvalue weighted by atomic mass is 9.74. The molecule has 20 heavy (non-hydrogen) atoms. The van der Waals surface area contributed by atoms with Gasteiger partial charge in [0.25, 0.3) is 0 Å². The van der Waals surface area contributed by atoms with Crippen LogP contribution in [0.4, 0.5) is 4.39 Å². The Morgan fingerprint density at radius 1 is 1.20 bits per heavy atom. The van der Waals surface area contributed by atoms with Crippen molar-refractivity contribution >= 4 is 11.6 Å². The number of hydrogen-bond donors (Lipinski definition) is 1. The summed E-state index contributed by atoms with van der Waals surface area (Å²) < 4.78 is 13.8. The Hall–Kier alpha value is -0.600. The first-order valence-electron chi connectivity index (χ1n) is 7.59. The maximum absolute atomic E-state index is 13.8. The highest BCUT2D eigenvalue weighted by Gasteiger charge is 2.28. The molecule has 0 aromatic heterocycles. The maximum Gasteiger partial charge on any atom is 0.127 e. The Labute approximate surface area is 126 Å². The van der Waals surface area contributed by atoms with E-state index >= 15 is 0 Å². The quantitative estimate of drug-likeness (QED) is 0.843. The minimum Gasteiger partial charge on any atom is -0.392 e. The number of hydrogen-bond acceptors (Lipinski definition) is 1. The highest BCUT2D eigenvalue weighted by molar-refractivity contribution is 6.30. The molecular formula is C17H24ClFO. The van der Waals surface area contributed by atoms with Crippen LogP contribution in [0.3, 0.4) is 0 Å². The van der Waals surface area contributed by atoms with E-state index in [1.54, 1.807) is 12.1 Å². The average molecular weight is 299 g/mol. The van der Waals surface area contributed by atoms with Crippen molar-refractivity contribution in [2.75, 3.05) is 0 Å². The lowest BCUT2D eigenvalue weighted by Crippen LogP contribution is -2.29. The number of rotatable bonds is 4. The Morgan fingerprint density at radius 2 is 1.80 bits per heavy atom. The number of halogens is 2. The van der Waals surface area contributed by atoms with Crippen LogP contribution >= 0.6 is 11.6 Å². The molecule has 1 aromatic carbocycles. The van der Waals surface area contributed by atoms with E-state index in [4.69, 9.17) is 11.6 Å². The molecule has 112 valence electrons. The molecule has 3 heteroatoms. The molecule has 1 aliphatic carbocycles. The zero-order valence-corrected chi connectivity index (χ0v) is 13.0. The van der Waals surface area contributed by atoms with E-state index in [0.717, 1.165) is 24.7 Å². The van der Waals surface area contributed by atoms with Gasteiger partial charge in [0.15, 0.2) is 0 Å². The third kappa shape index (κ3) is 3.95. The van der Waals surface area contributed by atoms with Gasteiger partial charge in [-0.05, 0) is 61.1 Å². The maximum atomic E-state index is 13.8. The van der Waals surface area contributed by atoms with Crippen molar-refractivity contribution in [3.8, 4) is 0 Å². The van der Waals surface area contributed by atoms with Crippen molar-refractivity contribution in [3.05, 3.63) is 34.6 Å². The molecular weight excluding hydrogens is 275 g/mol. The summed E-state index contributed by atoms with van der Waals surface area (Å²) in [4.78, 5) is 0. The van der Waals surface area contributed by atoms with E-state index in [2.05, 4.69) is 13.8 Å². The van der Waals surface area contributed by atoms with Crippen LogP contribution in [0.5, 0.6) is 0 Å². The predicted molar refractivity (Wildman–Crippen MR) is 81.4 cm³/mol. The Kier molecular flexibility index (Phi) is 5.45. The molecule has 2 rings (SSSR count). The average Bonchev–Trinajstić information content (AvgIpc) is 2.42. The van der Waals surface area contributed by atoms with E-state index < -0.39 is 6.10 Å². The van der Waals surface area contributed by atoms with Crippen LogP contribution in [0.2, 0.25) is 5.02 Å². The van der Waals surface area contributed by atoms with Crippen LogP contribution in [0.15, 0.2) is 18.2 Å². The van der Waals surface area contributed by atoms with Gasteiger partial charge < -0.3 is 5.11 Å². The third-order valence-electron chi connectivity index (χ3n) is 4.75. The van der Waals surface area contributed by atoms with Gasteiger partial charge in [0, 0.05) is 11.4 Å². The highest BCUT2D eigenvalue weighted by atomic mass is 35.5. The summed E-state index contributed by atoms with van der Waals surface area (Å²) in [6.07, 6.45) is 4.42. The van der Waals surface area contributed by atoms with Crippen molar-refractivity contribution in [3.63, 3.8) is 0 Å². The van der Waals surface area contributed by atoms with Crippen LogP contribution in [-0.4, -0.2) is 11.2 Å². The van der Waals surface area contributed by atoms with Gasteiger partial charge in [0.05, 0.1) is 6.10 Å². The molecule has 1 aliphatic rings. The number of benzene rings is 1. The van der Waals surface area contributed by atoms with Gasteiger partial charge in [-0.2, -0.15) is 0 Å². The van der Waals surface area contributed by atoms with E-state index in [1.807, 2.05) is 0 Å². The predicted octanol–water partition coefficient (Wildman–Crippen LogP) is 4.84. The molecule has 0 heterocycles. The summed E-state index contributed by atoms with van der Waals surface area (Å²) in [7, 11) is 0. The summed E-state index contributed by atoms with van der Waals surface area (Å²) in [6, 6.07) is 4.68. The molecule has 1 nitrogen and oxygen atoms in total. The zero-order valence-electron chi connectivity index (χ0n) is 12.3. The van der Waals surface area contributed by atoms with Gasteiger partial charge >= 0.3 is 0 Å². The fourth-order valence-electron chi connectivity index (χ4n) is 3.28. The molecule has 0 bridgehead atoms. The Bertz CT molecular complexity index is 439. The second kappa shape index (κ2) is 6.91. The first kappa shape index (κ1) is 15.8. The standard InChI is InChI=1S/C17H24ClFO/c1-11(2)12-3-5-13(6-4-12)17(20)9-14-7-8-15(18)10-16(14)19/h7-8,10-13,17,20H,3-6,9H2,1-2H3. The van der Waals surface area contributed by atoms with Crippen molar-refractivity contribution in [1.82, 2.24) is 0 Å². The molecule has 0 saturated heterocycles. The number of aliphatic hydroxyl groups excluding tert-OH is 1. The van der Waals surface area contributed by atoms with Crippen LogP contribution in [0.1, 0.15) is 45.1 Å². The van der Waals surface area contributed by atoms with Gasteiger partial charge in [0.2, 0.25) is 0 Å². The zero-order chi connectivity index (χ0) is 14.7. The van der Waals surface area contributed by atoms with Crippen LogP contribution < -0.4 is 0 Å². The first-order valence-corrected chi connectivity index (χ1v) is 7.97. The largest absolute Gasteiger partial charge is 0.392 e. The Balaban J connectivity index is 1.91. The van der Waals surface area contributed by atoms with Crippen LogP contribution in [0, 0.1) is 23.6 Å². The SMILES string of the molecule is CC(C)C1CCC(C(O)Cc2ccc(Cl)cc2F)CC1. The molecule has 0 radical (unpaired) electrons. The van der Waals surface area contributed by atoms with Gasteiger partial charge in [0.1, 0.15) is 5.82 Å². The van der Waals surface area contributed by atoms with Gasteiger partial charge in [-0.25, -0.2) is 4.39 Å². The molecule has 1 atom stereocenters. The molecule has 1 aromatic rings. The summed E-state index contributed by atoms with van der Waals surface area (Å²) in [5, 5.41) is 10.7. The van der Waals surface area contributed by atoms with Crippen molar-refractivity contribution in [2.24, 2.45) is 17.8 Å². The minimum absolute atomic E-state index is 0.306. The fourth-order valence-corrected chi connectivity index (χ4v) is 3.43. The molecule has 0 aliphatic heterocycles. The lowest BCUT2D eigenvalue weighted by molar-refractivity contribution is 0.0669. The second-order valence-electron chi connectivity index (χ2n) is 6.43. The van der Waals surface area contributed by atoms with Crippen LogP contribution in [0.25, 0.3) is 0 Å². The Morgan fingerprint density at radius 3 is 2.35 bits per heavy atom. The fraction of sp³-hybridized carbons (Fsp3) is 0.647. The molecule has 1 saturated carbocycles. The summed E-state index contributed by atoms with van der Waals surface area (Å²) in [5.74, 6) is 1.50. The topological polar surface area (TPSA) is 20.2 Å². The van der Waals surface area contributed by atoms with Crippen molar-refractivity contribution in [2.45, 2.75) is 52.1 Å². The summed E-state index contributed by atoms with van der Waals surface area (Å²) >= 11 is 5.75. The van der Waals surface area contributed by atoms with E-state index in [-0.39, 0.29) is 5.82 Å². The molecule has 1 unspecified atom stereocenters. The van der Waals surface area contributed by atoms with Gasteiger partial charge in [-0.3, -0.25) is 0 Å². The van der Waals surface area contributed by atoms with E-state index in [0.29, 0.717) is 22.9 Å². The smallest absolute Gasteiger partial charge is 0.127 e. The third-order valence-corrected chi connectivity index (χ3v) is 4.98. The van der Waals surface area contributed by atoms with Crippen molar-refractivity contribution in [1.29, 1.82) is 0 Å². The number of aliphatic hydroxyl groups is 1. The first-order chi connectivity index (χ1) is 9.47. The van der Waals surface area contributed by atoms with E-state index in [9.17, 15) is 9.50 Å². The molecule has 0 amide bonds. The van der Waals surface area contributed by atoms with Crippen molar-refractivity contribution < 1.29 is 9.50 Å². The van der Waals surface area contributed by atoms with Gasteiger partial charge in [-0.15, -0.1) is 0 Å².